The molecular formula is C40H74O4S. The normalized spacial score (nSPS) is 14.7. The zero-order chi connectivity index (χ0) is 33.5. The van der Waals surface area contributed by atoms with E-state index in [0.717, 1.165) is 64.2 Å². The first-order chi connectivity index (χ1) is 21.8. The molecule has 4 nitrogen and oxygen atoms in total. The maximum Gasteiger partial charge on any atom is 0.319 e. The highest BCUT2D eigenvalue weighted by Crippen LogP contribution is 2.47. The summed E-state index contributed by atoms with van der Waals surface area (Å²) in [6.45, 7) is 8.34. The lowest BCUT2D eigenvalue weighted by atomic mass is 9.95. The van der Waals surface area contributed by atoms with Gasteiger partial charge >= 0.3 is 11.9 Å². The van der Waals surface area contributed by atoms with Crippen molar-refractivity contribution in [3.05, 3.63) is 24.3 Å². The number of allylic oxidation sites excluding steroid dienone is 4. The second-order valence-corrected chi connectivity index (χ2v) is 15.1. The van der Waals surface area contributed by atoms with Gasteiger partial charge in [-0.3, -0.25) is 9.59 Å². The van der Waals surface area contributed by atoms with E-state index in [2.05, 4.69) is 38.2 Å². The van der Waals surface area contributed by atoms with E-state index in [4.69, 9.17) is 0 Å². The molecule has 0 aromatic carbocycles. The maximum absolute atomic E-state index is 12.6. The molecule has 0 rings (SSSR count). The molecule has 0 aliphatic carbocycles. The summed E-state index contributed by atoms with van der Waals surface area (Å²) in [6.07, 6.45) is 40.0. The fourth-order valence-electron chi connectivity index (χ4n) is 6.19. The second-order valence-electron chi connectivity index (χ2n) is 13.4. The van der Waals surface area contributed by atoms with Crippen LogP contribution in [0.15, 0.2) is 24.3 Å². The van der Waals surface area contributed by atoms with Crippen LogP contribution in [0.5, 0.6) is 0 Å². The summed E-state index contributed by atoms with van der Waals surface area (Å²) in [5.41, 5.74) is 0. The van der Waals surface area contributed by atoms with Crippen molar-refractivity contribution in [3.63, 3.8) is 0 Å². The van der Waals surface area contributed by atoms with Gasteiger partial charge in [-0.05, 0) is 77.0 Å². The van der Waals surface area contributed by atoms with Gasteiger partial charge in [0.05, 0.1) is 0 Å². The number of carboxylic acid groups (broad SMARTS) is 2. The lowest BCUT2D eigenvalue weighted by molar-refractivity contribution is -0.140. The third-order valence-corrected chi connectivity index (χ3v) is 11.6. The number of hydrogen-bond acceptors (Lipinski definition) is 3. The number of carbonyl (C=O) groups is 2. The molecule has 2 N–H and O–H groups in total. The Balaban J connectivity index is 4.49. The van der Waals surface area contributed by atoms with E-state index in [-0.39, 0.29) is 0 Å². The van der Waals surface area contributed by atoms with E-state index in [1.165, 1.54) is 102 Å². The molecule has 45 heavy (non-hydrogen) atoms. The fraction of sp³-hybridized carbons (Fsp3) is 0.850. The minimum atomic E-state index is -1.04. The molecule has 0 aromatic rings. The zero-order valence-corrected chi connectivity index (χ0v) is 31.0. The van der Waals surface area contributed by atoms with Crippen LogP contribution in [0.1, 0.15) is 207 Å². The summed E-state index contributed by atoms with van der Waals surface area (Å²) in [5, 5.41) is 20.7. The van der Waals surface area contributed by atoms with Crippen molar-refractivity contribution in [2.75, 3.05) is 0 Å². The van der Waals surface area contributed by atoms with E-state index >= 15 is 0 Å². The number of rotatable bonds is 34. The first kappa shape index (κ1) is 43.8. The van der Waals surface area contributed by atoms with Gasteiger partial charge < -0.3 is 10.2 Å². The average molecular weight is 651 g/mol. The third-order valence-electron chi connectivity index (χ3n) is 9.50. The van der Waals surface area contributed by atoms with E-state index in [1.807, 2.05) is 13.8 Å². The number of unbranched alkanes of at least 4 members (excludes halogenated alkanes) is 20. The number of thioether (sulfide) groups is 1. The first-order valence-electron chi connectivity index (χ1n) is 19.3. The van der Waals surface area contributed by atoms with Crippen molar-refractivity contribution in [1.29, 1.82) is 0 Å². The topological polar surface area (TPSA) is 74.6 Å². The summed E-state index contributed by atoms with van der Waals surface area (Å²) < 4.78 is -2.07. The van der Waals surface area contributed by atoms with Crippen LogP contribution in [0.25, 0.3) is 0 Å². The molecule has 0 bridgehead atoms. The molecule has 0 aliphatic rings. The predicted molar refractivity (Wildman–Crippen MR) is 199 cm³/mol. The van der Waals surface area contributed by atoms with Crippen molar-refractivity contribution in [2.45, 2.75) is 217 Å². The maximum atomic E-state index is 12.6. The predicted octanol–water partition coefficient (Wildman–Crippen LogP) is 13.5. The number of aliphatic carboxylic acids is 2. The van der Waals surface area contributed by atoms with Crippen LogP contribution in [-0.4, -0.2) is 31.6 Å². The van der Waals surface area contributed by atoms with Crippen LogP contribution in [0.2, 0.25) is 0 Å². The van der Waals surface area contributed by atoms with Crippen molar-refractivity contribution in [3.8, 4) is 0 Å². The average Bonchev–Trinajstić information content (AvgIpc) is 3.03. The first-order valence-corrected chi connectivity index (χ1v) is 20.1. The van der Waals surface area contributed by atoms with Crippen molar-refractivity contribution in [1.82, 2.24) is 0 Å². The fourth-order valence-corrected chi connectivity index (χ4v) is 7.89. The highest BCUT2D eigenvalue weighted by Gasteiger charge is 2.48. The second kappa shape index (κ2) is 30.1. The molecule has 2 atom stereocenters. The smallest absolute Gasteiger partial charge is 0.319 e. The van der Waals surface area contributed by atoms with Gasteiger partial charge in [-0.15, -0.1) is 11.8 Å². The largest absolute Gasteiger partial charge is 0.480 e. The summed E-state index contributed by atoms with van der Waals surface area (Å²) in [4.78, 5) is 25.2. The van der Waals surface area contributed by atoms with Gasteiger partial charge in [0.2, 0.25) is 0 Å². The van der Waals surface area contributed by atoms with Crippen LogP contribution in [-0.2, 0) is 9.59 Å². The molecule has 0 fully saturated rings. The zero-order valence-electron chi connectivity index (χ0n) is 30.2. The quantitative estimate of drug-likeness (QED) is 0.0535. The van der Waals surface area contributed by atoms with Gasteiger partial charge in [-0.1, -0.05) is 155 Å². The van der Waals surface area contributed by atoms with Crippen LogP contribution in [0.4, 0.5) is 0 Å². The molecule has 0 spiro atoms. The van der Waals surface area contributed by atoms with E-state index in [0.29, 0.717) is 25.7 Å². The van der Waals surface area contributed by atoms with Gasteiger partial charge in [0.1, 0.15) is 9.49 Å². The summed E-state index contributed by atoms with van der Waals surface area (Å²) in [7, 11) is 0. The van der Waals surface area contributed by atoms with Crippen molar-refractivity contribution < 1.29 is 19.8 Å². The van der Waals surface area contributed by atoms with E-state index in [9.17, 15) is 19.8 Å². The summed E-state index contributed by atoms with van der Waals surface area (Å²) in [5.74, 6) is -1.70. The third kappa shape index (κ3) is 22.1. The molecule has 264 valence electrons. The molecule has 0 saturated heterocycles. The van der Waals surface area contributed by atoms with Crippen molar-refractivity contribution >= 4 is 23.7 Å². The van der Waals surface area contributed by atoms with Gasteiger partial charge in [0, 0.05) is 0 Å². The monoisotopic (exact) mass is 651 g/mol. The van der Waals surface area contributed by atoms with Crippen LogP contribution >= 0.6 is 11.8 Å². The summed E-state index contributed by atoms with van der Waals surface area (Å²) in [6, 6.07) is 0. The standard InChI is InChI=1S/C40H74O4S/c1-5-9-11-13-15-17-19-21-23-25-27-29-31-33-35-39(7-3,37(41)42)45-40(8-4,38(43)44)36-34-32-30-28-26-24-22-20-18-16-14-12-10-6-2/h21-24H,5-20,25-36H2,1-4H3,(H,41,42)(H,43,44). The SMILES string of the molecule is CCCCCCCCC=CCCCCCCC(CC)(SC(CC)(CCCCCCC=CCCCCCCCC)C(=O)O)C(=O)O. The van der Waals surface area contributed by atoms with Gasteiger partial charge in [0.15, 0.2) is 0 Å². The Labute approximate surface area is 284 Å². The minimum absolute atomic E-state index is 0.453. The Morgan fingerprint density at radius 1 is 0.444 bits per heavy atom. The van der Waals surface area contributed by atoms with Gasteiger partial charge in [-0.25, -0.2) is 0 Å². The highest BCUT2D eigenvalue weighted by atomic mass is 32.2. The molecule has 0 amide bonds. The van der Waals surface area contributed by atoms with Gasteiger partial charge in [0.25, 0.3) is 0 Å². The van der Waals surface area contributed by atoms with Crippen LogP contribution in [0, 0.1) is 0 Å². The Kier molecular flexibility index (Phi) is 29.3. The molecule has 0 saturated carbocycles. The van der Waals surface area contributed by atoms with Crippen molar-refractivity contribution in [2.24, 2.45) is 0 Å². The van der Waals surface area contributed by atoms with Crippen LogP contribution < -0.4 is 0 Å². The number of carboxylic acids is 2. The molecule has 0 heterocycles. The van der Waals surface area contributed by atoms with E-state index < -0.39 is 21.4 Å². The molecule has 0 radical (unpaired) electrons. The Morgan fingerprint density at radius 3 is 0.978 bits per heavy atom. The lowest BCUT2D eigenvalue weighted by Gasteiger charge is -2.37. The molecule has 0 aliphatic heterocycles. The van der Waals surface area contributed by atoms with Crippen LogP contribution in [0.3, 0.4) is 0 Å². The minimum Gasteiger partial charge on any atom is -0.480 e. The Bertz CT molecular complexity index is 701. The molecule has 0 aromatic heterocycles. The lowest BCUT2D eigenvalue weighted by Crippen LogP contribution is -2.45. The van der Waals surface area contributed by atoms with Gasteiger partial charge in [-0.2, -0.15) is 0 Å². The Morgan fingerprint density at radius 2 is 0.711 bits per heavy atom. The van der Waals surface area contributed by atoms with E-state index in [1.54, 1.807) is 0 Å². The highest BCUT2D eigenvalue weighted by molar-refractivity contribution is 8.03. The summed E-state index contributed by atoms with van der Waals surface area (Å²) >= 11 is 1.25. The Hall–Kier alpha value is -1.23. The molecule has 2 unspecified atom stereocenters. The molecular weight excluding hydrogens is 577 g/mol. The number of hydrogen-bond donors (Lipinski definition) is 2. The molecule has 5 heteroatoms.